The maximum atomic E-state index is 11.8. The summed E-state index contributed by atoms with van der Waals surface area (Å²) in [6.07, 6.45) is 3.40. The normalized spacial score (nSPS) is 12.9. The van der Waals surface area contributed by atoms with E-state index in [0.717, 1.165) is 12.8 Å². The predicted octanol–water partition coefficient (Wildman–Crippen LogP) is 2.45. The van der Waals surface area contributed by atoms with Crippen molar-refractivity contribution in [3.8, 4) is 0 Å². The van der Waals surface area contributed by atoms with Gasteiger partial charge in [0, 0.05) is 18.3 Å². The van der Waals surface area contributed by atoms with Gasteiger partial charge in [-0.15, -0.1) is 0 Å². The molecule has 7 nitrogen and oxygen atoms in total. The minimum absolute atomic E-state index is 0.174. The summed E-state index contributed by atoms with van der Waals surface area (Å²) in [5.41, 5.74) is -0.174. The predicted molar refractivity (Wildman–Crippen MR) is 85.0 cm³/mol. The van der Waals surface area contributed by atoms with E-state index >= 15 is 0 Å². The van der Waals surface area contributed by atoms with Crippen LogP contribution in [0, 0.1) is 0 Å². The third kappa shape index (κ3) is 6.80. The third-order valence-electron chi connectivity index (χ3n) is 3.41. The number of unbranched alkanes of at least 4 members (excludes halogenated alkanes) is 1. The van der Waals surface area contributed by atoms with Crippen molar-refractivity contribution in [1.82, 2.24) is 15.5 Å². The summed E-state index contributed by atoms with van der Waals surface area (Å²) in [6, 6.07) is -0.807. The summed E-state index contributed by atoms with van der Waals surface area (Å²) < 4.78 is 5.16. The molecule has 0 saturated carbocycles. The molecule has 0 aromatic carbocycles. The van der Waals surface area contributed by atoms with Crippen molar-refractivity contribution in [2.75, 3.05) is 0 Å². The number of nitrogens with zero attached hydrogens (tertiary/aromatic N) is 2. The molecular weight excluding hydrogens is 298 g/mol. The molecule has 1 unspecified atom stereocenters. The average Bonchev–Trinajstić information content (AvgIpc) is 2.92. The fraction of sp³-hybridized carbons (Fsp3) is 0.750. The maximum absolute atomic E-state index is 11.8. The summed E-state index contributed by atoms with van der Waals surface area (Å²) in [5.74, 6) is -0.103. The van der Waals surface area contributed by atoms with E-state index in [4.69, 9.17) is 9.63 Å². The van der Waals surface area contributed by atoms with Gasteiger partial charge in [0.15, 0.2) is 5.82 Å². The first-order chi connectivity index (χ1) is 10.7. The van der Waals surface area contributed by atoms with Crippen LogP contribution in [0.3, 0.4) is 0 Å². The molecule has 0 fully saturated rings. The first kappa shape index (κ1) is 19.1. The third-order valence-corrected chi connectivity index (χ3v) is 3.41. The van der Waals surface area contributed by atoms with Gasteiger partial charge in [0.1, 0.15) is 6.04 Å². The molecule has 0 bridgehead atoms. The van der Waals surface area contributed by atoms with Gasteiger partial charge in [-0.1, -0.05) is 45.7 Å². The molecule has 1 aromatic heterocycles. The highest BCUT2D eigenvalue weighted by molar-refractivity contribution is 5.83. The Hall–Kier alpha value is -1.92. The zero-order valence-electron chi connectivity index (χ0n) is 14.4. The van der Waals surface area contributed by atoms with Crippen LogP contribution in [-0.2, 0) is 21.4 Å². The van der Waals surface area contributed by atoms with Gasteiger partial charge in [0.25, 0.3) is 0 Å². The molecule has 0 saturated heterocycles. The SMILES string of the molecule is CCCCC(NC(=O)CCCc1nc(C(C)(C)C)no1)C(=O)O. The lowest BCUT2D eigenvalue weighted by Gasteiger charge is -2.13. The van der Waals surface area contributed by atoms with E-state index in [-0.39, 0.29) is 17.7 Å². The summed E-state index contributed by atoms with van der Waals surface area (Å²) >= 11 is 0. The second-order valence-corrected chi connectivity index (χ2v) is 6.72. The Labute approximate surface area is 136 Å². The van der Waals surface area contributed by atoms with Gasteiger partial charge in [0.2, 0.25) is 11.8 Å². The average molecular weight is 325 g/mol. The summed E-state index contributed by atoms with van der Waals surface area (Å²) in [6.45, 7) is 7.98. The Morgan fingerprint density at radius 1 is 1.30 bits per heavy atom. The van der Waals surface area contributed by atoms with Gasteiger partial charge < -0.3 is 14.9 Å². The second kappa shape index (κ2) is 8.64. The number of carboxylic acid groups (broad SMARTS) is 1. The monoisotopic (exact) mass is 325 g/mol. The smallest absolute Gasteiger partial charge is 0.326 e. The molecule has 0 aliphatic rings. The number of aromatic nitrogens is 2. The van der Waals surface area contributed by atoms with Crippen LogP contribution < -0.4 is 5.32 Å². The van der Waals surface area contributed by atoms with Crippen molar-refractivity contribution in [3.05, 3.63) is 11.7 Å². The van der Waals surface area contributed by atoms with E-state index < -0.39 is 12.0 Å². The minimum Gasteiger partial charge on any atom is -0.480 e. The Morgan fingerprint density at radius 2 is 2.00 bits per heavy atom. The molecule has 1 aromatic rings. The highest BCUT2D eigenvalue weighted by Crippen LogP contribution is 2.18. The van der Waals surface area contributed by atoms with Crippen molar-refractivity contribution in [2.24, 2.45) is 0 Å². The van der Waals surface area contributed by atoms with Crippen LogP contribution in [0.15, 0.2) is 4.52 Å². The lowest BCUT2D eigenvalue weighted by molar-refractivity contribution is -0.142. The Morgan fingerprint density at radius 3 is 2.52 bits per heavy atom. The number of carbonyl (C=O) groups is 2. The van der Waals surface area contributed by atoms with Crippen molar-refractivity contribution >= 4 is 11.9 Å². The van der Waals surface area contributed by atoms with E-state index in [9.17, 15) is 9.59 Å². The van der Waals surface area contributed by atoms with Crippen molar-refractivity contribution in [1.29, 1.82) is 0 Å². The van der Waals surface area contributed by atoms with Crippen LogP contribution in [0.5, 0.6) is 0 Å². The number of amides is 1. The number of carbonyl (C=O) groups excluding carboxylic acids is 1. The summed E-state index contributed by atoms with van der Waals surface area (Å²) in [5, 5.41) is 15.6. The number of aliphatic carboxylic acids is 1. The van der Waals surface area contributed by atoms with Gasteiger partial charge in [0.05, 0.1) is 0 Å². The quantitative estimate of drug-likeness (QED) is 0.722. The fourth-order valence-electron chi connectivity index (χ4n) is 1.99. The highest BCUT2D eigenvalue weighted by Gasteiger charge is 2.21. The summed E-state index contributed by atoms with van der Waals surface area (Å²) in [7, 11) is 0. The van der Waals surface area contributed by atoms with Crippen LogP contribution in [0.1, 0.15) is 71.5 Å². The lowest BCUT2D eigenvalue weighted by atomic mass is 9.96. The standard InChI is InChI=1S/C16H27N3O4/c1-5-6-8-11(14(21)22)17-12(20)9-7-10-13-18-15(19-23-13)16(2,3)4/h11H,5-10H2,1-4H3,(H,17,20)(H,21,22). The topological polar surface area (TPSA) is 105 Å². The van der Waals surface area contributed by atoms with Gasteiger partial charge in [-0.25, -0.2) is 4.79 Å². The second-order valence-electron chi connectivity index (χ2n) is 6.72. The minimum atomic E-state index is -0.987. The number of nitrogens with one attached hydrogen (secondary N) is 1. The van der Waals surface area contributed by atoms with E-state index in [0.29, 0.717) is 31.0 Å². The van der Waals surface area contributed by atoms with Gasteiger partial charge in [-0.05, 0) is 12.8 Å². The molecule has 0 aliphatic carbocycles. The molecule has 0 aliphatic heterocycles. The molecule has 1 amide bonds. The number of aryl methyl sites for hydroxylation is 1. The first-order valence-corrected chi connectivity index (χ1v) is 8.09. The zero-order chi connectivity index (χ0) is 17.5. The number of hydrogen-bond acceptors (Lipinski definition) is 5. The van der Waals surface area contributed by atoms with Crippen LogP contribution in [0.25, 0.3) is 0 Å². The van der Waals surface area contributed by atoms with E-state index in [1.165, 1.54) is 0 Å². The molecule has 7 heteroatoms. The number of hydrogen-bond donors (Lipinski definition) is 2. The van der Waals surface area contributed by atoms with E-state index in [1.807, 2.05) is 27.7 Å². The van der Waals surface area contributed by atoms with Crippen molar-refractivity contribution < 1.29 is 19.2 Å². The Balaban J connectivity index is 2.38. The zero-order valence-corrected chi connectivity index (χ0v) is 14.4. The molecule has 0 radical (unpaired) electrons. The first-order valence-electron chi connectivity index (χ1n) is 8.09. The highest BCUT2D eigenvalue weighted by atomic mass is 16.5. The molecule has 23 heavy (non-hydrogen) atoms. The van der Waals surface area contributed by atoms with Crippen LogP contribution in [-0.4, -0.2) is 33.2 Å². The molecule has 2 N–H and O–H groups in total. The largest absolute Gasteiger partial charge is 0.480 e. The molecule has 1 heterocycles. The maximum Gasteiger partial charge on any atom is 0.326 e. The summed E-state index contributed by atoms with van der Waals surface area (Å²) in [4.78, 5) is 27.2. The van der Waals surface area contributed by atoms with Crippen LogP contribution in [0.4, 0.5) is 0 Å². The van der Waals surface area contributed by atoms with Crippen molar-refractivity contribution in [2.45, 2.75) is 77.7 Å². The lowest BCUT2D eigenvalue weighted by Crippen LogP contribution is -2.40. The number of carboxylic acids is 1. The van der Waals surface area contributed by atoms with Crippen LogP contribution in [0.2, 0.25) is 0 Å². The van der Waals surface area contributed by atoms with E-state index in [2.05, 4.69) is 15.5 Å². The molecule has 1 rings (SSSR count). The molecule has 1 atom stereocenters. The van der Waals surface area contributed by atoms with Crippen molar-refractivity contribution in [3.63, 3.8) is 0 Å². The number of rotatable bonds is 9. The Kier molecular flexibility index (Phi) is 7.19. The van der Waals surface area contributed by atoms with Crippen LogP contribution >= 0.6 is 0 Å². The van der Waals surface area contributed by atoms with E-state index in [1.54, 1.807) is 0 Å². The molecule has 0 spiro atoms. The Bertz CT molecular complexity index is 520. The molecule has 130 valence electrons. The molecular formula is C16H27N3O4. The fourth-order valence-corrected chi connectivity index (χ4v) is 1.99. The van der Waals surface area contributed by atoms with Gasteiger partial charge in [-0.3, -0.25) is 4.79 Å². The van der Waals surface area contributed by atoms with Gasteiger partial charge >= 0.3 is 5.97 Å². The van der Waals surface area contributed by atoms with Gasteiger partial charge in [-0.2, -0.15) is 4.98 Å².